The van der Waals surface area contributed by atoms with Crippen LogP contribution in [0.25, 0.3) is 0 Å². The molecule has 0 saturated carbocycles. The molecule has 8 aromatic rings. The van der Waals surface area contributed by atoms with Gasteiger partial charge < -0.3 is 71.1 Å². The van der Waals surface area contributed by atoms with Gasteiger partial charge in [-0.3, -0.25) is 0 Å². The van der Waals surface area contributed by atoms with Crippen LogP contribution in [0.3, 0.4) is 0 Å². The third kappa shape index (κ3) is 16.8. The summed E-state index contributed by atoms with van der Waals surface area (Å²) in [7, 11) is 1.59. The van der Waals surface area contributed by atoms with Crippen LogP contribution in [-0.4, -0.2) is 112 Å². The summed E-state index contributed by atoms with van der Waals surface area (Å²) in [6.45, 7) is 3.66. The van der Waals surface area contributed by atoms with Crippen molar-refractivity contribution >= 4 is 0 Å². The van der Waals surface area contributed by atoms with Crippen molar-refractivity contribution in [2.45, 2.75) is 152 Å². The molecular formula is C75H80O15. The van der Waals surface area contributed by atoms with E-state index >= 15 is 0 Å². The van der Waals surface area contributed by atoms with Crippen LogP contribution >= 0.6 is 0 Å². The molecule has 4 aliphatic heterocycles. The second-order valence-electron chi connectivity index (χ2n) is 23.0. The zero-order chi connectivity index (χ0) is 61.1. The second kappa shape index (κ2) is 32.4. The van der Waals surface area contributed by atoms with E-state index in [0.29, 0.717) is 6.61 Å². The van der Waals surface area contributed by atoms with Crippen LogP contribution in [-0.2, 0) is 117 Å². The van der Waals surface area contributed by atoms with E-state index in [-0.39, 0.29) is 52.9 Å². The van der Waals surface area contributed by atoms with Gasteiger partial charge >= 0.3 is 0 Å². The van der Waals surface area contributed by atoms with Gasteiger partial charge in [0.25, 0.3) is 0 Å². The Kier molecular flexibility index (Phi) is 22.8. The summed E-state index contributed by atoms with van der Waals surface area (Å²) in [5.74, 6) is 0. The largest absolute Gasteiger partial charge is 0.368 e. The van der Waals surface area contributed by atoms with E-state index in [0.717, 1.165) is 44.5 Å². The molecule has 15 heteroatoms. The fraction of sp³-hybridized carbons (Fsp3) is 0.360. The van der Waals surface area contributed by atoms with Gasteiger partial charge in [0, 0.05) is 12.7 Å². The first-order valence-corrected chi connectivity index (χ1v) is 31.2. The predicted octanol–water partition coefficient (Wildman–Crippen LogP) is 12.4. The molecule has 4 aliphatic rings. The van der Waals surface area contributed by atoms with Crippen LogP contribution in [0.2, 0.25) is 0 Å². The van der Waals surface area contributed by atoms with Crippen LogP contribution in [0.1, 0.15) is 57.7 Å². The molecule has 4 saturated heterocycles. The number of rotatable bonds is 28. The van der Waals surface area contributed by atoms with Crippen molar-refractivity contribution in [1.29, 1.82) is 0 Å². The Morgan fingerprint density at radius 2 is 0.667 bits per heavy atom. The molecule has 4 heterocycles. The molecule has 0 amide bonds. The van der Waals surface area contributed by atoms with Crippen molar-refractivity contribution < 1.29 is 71.1 Å². The molecule has 0 bridgehead atoms. The SMILES string of the molecule is CO[C@H]1O[C@@H]2CO[C@@H](c3ccccc3)O[C@H]2[C@H](O[C@H]2O[C@H](CO[C@@H]3O[C@@H](C)[C@H](OCc4ccccc4)[C@@H](OCc4ccccc4)[C@H]3OCc3ccccc3)[C@H](OCc3ccccc3)[C@H](OCc3ccccc3)[C@@H]2OCc2ccccc2)[C@H]1OCc1ccccc1. The van der Waals surface area contributed by atoms with E-state index in [1.54, 1.807) is 7.11 Å². The standard InChI is InChI=1S/C75H80O15/c1-52-63(77-43-53-27-11-3-12-28-53)66(79-45-55-31-15-5-16-32-55)69(81-47-57-35-19-7-20-36-57)74(86-52)85-50-61-64(78-44-54-29-13-4-14-30-54)67(80-46-56-33-17-6-18-34-56)70(82-48-58-37-21-8-22-38-58)75(88-61)90-68-65-62(51-84-72(89-65)60-41-25-10-26-42-60)87-73(76-2)71(68)83-49-59-39-23-9-24-40-59/h3-42,52,61-75H,43-51H2,1-2H3/t52-,61+,62+,63-,64-,65+,66+,67-,68-,69+,70-,71+,72+,73-,74+,75+/m0/s1. The first-order chi connectivity index (χ1) is 44.5. The molecule has 16 atom stereocenters. The minimum atomic E-state index is -1.21. The lowest BCUT2D eigenvalue weighted by atomic mass is 9.95. The summed E-state index contributed by atoms with van der Waals surface area (Å²) in [6.07, 6.45) is -13.4. The maximum Gasteiger partial charge on any atom is 0.187 e. The Balaban J connectivity index is 0.930. The monoisotopic (exact) mass is 1220 g/mol. The first-order valence-electron chi connectivity index (χ1n) is 31.2. The molecule has 15 nitrogen and oxygen atoms in total. The number of hydrogen-bond acceptors (Lipinski definition) is 15. The topological polar surface area (TPSA) is 138 Å². The minimum Gasteiger partial charge on any atom is -0.368 e. The van der Waals surface area contributed by atoms with E-state index in [2.05, 4.69) is 0 Å². The third-order valence-electron chi connectivity index (χ3n) is 16.6. The number of ether oxygens (including phenoxy) is 15. The smallest absolute Gasteiger partial charge is 0.187 e. The van der Waals surface area contributed by atoms with Gasteiger partial charge in [0.2, 0.25) is 0 Å². The summed E-state index contributed by atoms with van der Waals surface area (Å²) >= 11 is 0. The van der Waals surface area contributed by atoms with Crippen molar-refractivity contribution in [3.63, 3.8) is 0 Å². The minimum absolute atomic E-state index is 0.103. The van der Waals surface area contributed by atoms with Crippen molar-refractivity contribution in [3.05, 3.63) is 287 Å². The van der Waals surface area contributed by atoms with E-state index in [4.69, 9.17) is 71.1 Å². The highest BCUT2D eigenvalue weighted by Crippen LogP contribution is 2.41. The van der Waals surface area contributed by atoms with Crippen LogP contribution in [0.5, 0.6) is 0 Å². The van der Waals surface area contributed by atoms with Gasteiger partial charge in [-0.05, 0) is 45.9 Å². The molecule has 0 radical (unpaired) electrons. The van der Waals surface area contributed by atoms with Gasteiger partial charge in [-0.2, -0.15) is 0 Å². The van der Waals surface area contributed by atoms with Crippen LogP contribution in [0.4, 0.5) is 0 Å². The van der Waals surface area contributed by atoms with E-state index < -0.39 is 98.4 Å². The average Bonchev–Trinajstić information content (AvgIpc) is 0.807. The summed E-state index contributed by atoms with van der Waals surface area (Å²) < 4.78 is 105. The third-order valence-corrected chi connectivity index (χ3v) is 16.6. The summed E-state index contributed by atoms with van der Waals surface area (Å²) in [5.41, 5.74) is 7.56. The maximum absolute atomic E-state index is 7.63. The highest BCUT2D eigenvalue weighted by atomic mass is 16.8. The number of methoxy groups -OCH3 is 1. The summed E-state index contributed by atoms with van der Waals surface area (Å²) in [5, 5.41) is 0. The molecule has 4 fully saturated rings. The van der Waals surface area contributed by atoms with Gasteiger partial charge in [-0.25, -0.2) is 0 Å². The Morgan fingerprint density at radius 1 is 0.322 bits per heavy atom. The molecule has 8 aromatic carbocycles. The van der Waals surface area contributed by atoms with E-state index in [1.165, 1.54) is 0 Å². The zero-order valence-corrected chi connectivity index (χ0v) is 50.8. The predicted molar refractivity (Wildman–Crippen MR) is 335 cm³/mol. The van der Waals surface area contributed by atoms with E-state index in [1.807, 2.05) is 250 Å². The maximum atomic E-state index is 7.63. The van der Waals surface area contributed by atoms with Crippen molar-refractivity contribution in [2.75, 3.05) is 20.3 Å². The molecule has 0 spiro atoms. The molecular weight excluding hydrogens is 1140 g/mol. The quantitative estimate of drug-likeness (QED) is 0.0459. The van der Waals surface area contributed by atoms with Crippen molar-refractivity contribution in [1.82, 2.24) is 0 Å². The number of fused-ring (bicyclic) bond motifs is 1. The second-order valence-corrected chi connectivity index (χ2v) is 23.0. The summed E-state index contributed by atoms with van der Waals surface area (Å²) in [4.78, 5) is 0. The fourth-order valence-corrected chi connectivity index (χ4v) is 12.0. The lowest BCUT2D eigenvalue weighted by Crippen LogP contribution is -2.67. The molecule has 470 valence electrons. The van der Waals surface area contributed by atoms with Crippen molar-refractivity contribution in [2.24, 2.45) is 0 Å². The van der Waals surface area contributed by atoms with Gasteiger partial charge in [0.15, 0.2) is 25.2 Å². The van der Waals surface area contributed by atoms with Gasteiger partial charge in [-0.15, -0.1) is 0 Å². The van der Waals surface area contributed by atoms with Crippen LogP contribution in [0.15, 0.2) is 243 Å². The molecule has 0 unspecified atom stereocenters. The van der Waals surface area contributed by atoms with Crippen LogP contribution < -0.4 is 0 Å². The highest BCUT2D eigenvalue weighted by Gasteiger charge is 2.57. The van der Waals surface area contributed by atoms with Crippen molar-refractivity contribution in [3.8, 4) is 0 Å². The molecule has 12 rings (SSSR count). The Labute approximate surface area is 527 Å². The summed E-state index contributed by atoms with van der Waals surface area (Å²) in [6, 6.07) is 80.0. The molecule has 0 N–H and O–H groups in total. The number of benzene rings is 8. The number of hydrogen-bond donors (Lipinski definition) is 0. The fourth-order valence-electron chi connectivity index (χ4n) is 12.0. The molecule has 0 aromatic heterocycles. The Hall–Kier alpha value is -6.84. The normalized spacial score (nSPS) is 28.4. The van der Waals surface area contributed by atoms with Gasteiger partial charge in [0.05, 0.1) is 65.6 Å². The molecule has 0 aliphatic carbocycles. The highest BCUT2D eigenvalue weighted by molar-refractivity contribution is 5.21. The van der Waals surface area contributed by atoms with Gasteiger partial charge in [-0.1, -0.05) is 243 Å². The lowest BCUT2D eigenvalue weighted by molar-refractivity contribution is -0.401. The first kappa shape index (κ1) is 63.3. The zero-order valence-electron chi connectivity index (χ0n) is 50.8. The van der Waals surface area contributed by atoms with Gasteiger partial charge in [0.1, 0.15) is 67.1 Å². The Bertz CT molecular complexity index is 3280. The average molecular weight is 1220 g/mol. The van der Waals surface area contributed by atoms with E-state index in [9.17, 15) is 0 Å². The Morgan fingerprint density at radius 3 is 1.08 bits per heavy atom. The van der Waals surface area contributed by atoms with Crippen LogP contribution in [0, 0.1) is 0 Å². The lowest BCUT2D eigenvalue weighted by Gasteiger charge is -2.52. The molecule has 90 heavy (non-hydrogen) atoms.